The van der Waals surface area contributed by atoms with Crippen molar-refractivity contribution in [2.75, 3.05) is 0 Å². The van der Waals surface area contributed by atoms with Gasteiger partial charge in [-0.2, -0.15) is 0 Å². The first-order chi connectivity index (χ1) is 8.15. The van der Waals surface area contributed by atoms with Crippen LogP contribution < -0.4 is 5.32 Å². The SMILES string of the molecule is CC1CCC(N[C@@H](C)c2cccc(Cl)c2)CC1. The van der Waals surface area contributed by atoms with Crippen molar-refractivity contribution in [3.8, 4) is 0 Å². The average molecular weight is 252 g/mol. The Balaban J connectivity index is 1.90. The maximum atomic E-state index is 6.02. The number of hydrogen-bond acceptors (Lipinski definition) is 1. The molecule has 1 aliphatic rings. The lowest BCUT2D eigenvalue weighted by Crippen LogP contribution is -2.34. The van der Waals surface area contributed by atoms with Gasteiger partial charge in [-0.05, 0) is 56.2 Å². The first kappa shape index (κ1) is 12.9. The number of nitrogens with one attached hydrogen (secondary N) is 1. The van der Waals surface area contributed by atoms with Gasteiger partial charge in [-0.3, -0.25) is 0 Å². The normalized spacial score (nSPS) is 26.8. The Kier molecular flexibility index (Phi) is 4.47. The molecular weight excluding hydrogens is 230 g/mol. The van der Waals surface area contributed by atoms with E-state index >= 15 is 0 Å². The van der Waals surface area contributed by atoms with E-state index in [1.165, 1.54) is 31.2 Å². The zero-order valence-corrected chi connectivity index (χ0v) is 11.5. The highest BCUT2D eigenvalue weighted by Crippen LogP contribution is 2.26. The van der Waals surface area contributed by atoms with Gasteiger partial charge in [0.2, 0.25) is 0 Å². The molecule has 0 amide bonds. The molecule has 0 spiro atoms. The Labute approximate surface area is 110 Å². The standard InChI is InChI=1S/C15H22ClN/c1-11-6-8-15(9-7-11)17-12(2)13-4-3-5-14(16)10-13/h3-5,10-12,15,17H,6-9H2,1-2H3/t11?,12-,15?/m0/s1. The number of rotatable bonds is 3. The summed E-state index contributed by atoms with van der Waals surface area (Å²) in [6.07, 6.45) is 5.35. The van der Waals surface area contributed by atoms with Crippen LogP contribution in [-0.4, -0.2) is 6.04 Å². The summed E-state index contributed by atoms with van der Waals surface area (Å²) in [5, 5.41) is 4.55. The molecule has 0 heterocycles. The smallest absolute Gasteiger partial charge is 0.0409 e. The van der Waals surface area contributed by atoms with Gasteiger partial charge in [-0.15, -0.1) is 0 Å². The minimum Gasteiger partial charge on any atom is -0.307 e. The molecule has 2 rings (SSSR count). The Hall–Kier alpha value is -0.530. The largest absolute Gasteiger partial charge is 0.307 e. The molecule has 0 aromatic heterocycles. The van der Waals surface area contributed by atoms with Crippen LogP contribution in [0.3, 0.4) is 0 Å². The van der Waals surface area contributed by atoms with E-state index in [1.54, 1.807) is 0 Å². The summed E-state index contributed by atoms with van der Waals surface area (Å²) in [6.45, 7) is 4.58. The molecule has 0 saturated heterocycles. The summed E-state index contributed by atoms with van der Waals surface area (Å²) < 4.78 is 0. The fraction of sp³-hybridized carbons (Fsp3) is 0.600. The minimum absolute atomic E-state index is 0.395. The molecule has 1 nitrogen and oxygen atoms in total. The first-order valence-electron chi connectivity index (χ1n) is 6.66. The second kappa shape index (κ2) is 5.88. The monoisotopic (exact) mass is 251 g/mol. The summed E-state index contributed by atoms with van der Waals surface area (Å²) in [4.78, 5) is 0. The third-order valence-corrected chi connectivity index (χ3v) is 4.09. The van der Waals surface area contributed by atoms with Crippen molar-refractivity contribution < 1.29 is 0 Å². The van der Waals surface area contributed by atoms with Gasteiger partial charge in [-0.25, -0.2) is 0 Å². The van der Waals surface area contributed by atoms with E-state index in [0.29, 0.717) is 12.1 Å². The quantitative estimate of drug-likeness (QED) is 0.830. The number of benzene rings is 1. The molecule has 1 atom stereocenters. The summed E-state index contributed by atoms with van der Waals surface area (Å²) in [5.41, 5.74) is 1.29. The highest BCUT2D eigenvalue weighted by molar-refractivity contribution is 6.30. The molecule has 0 unspecified atom stereocenters. The fourth-order valence-corrected chi connectivity index (χ4v) is 2.85. The summed E-state index contributed by atoms with van der Waals surface area (Å²) >= 11 is 6.02. The number of halogens is 1. The van der Waals surface area contributed by atoms with Crippen molar-refractivity contribution in [1.82, 2.24) is 5.32 Å². The summed E-state index contributed by atoms with van der Waals surface area (Å²) in [7, 11) is 0. The summed E-state index contributed by atoms with van der Waals surface area (Å²) in [6, 6.07) is 9.24. The van der Waals surface area contributed by atoms with Gasteiger partial charge in [0.1, 0.15) is 0 Å². The van der Waals surface area contributed by atoms with Crippen LogP contribution in [-0.2, 0) is 0 Å². The van der Waals surface area contributed by atoms with E-state index in [2.05, 4.69) is 31.3 Å². The second-order valence-corrected chi connectivity index (χ2v) is 5.84. The van der Waals surface area contributed by atoms with Crippen molar-refractivity contribution >= 4 is 11.6 Å². The molecule has 1 aromatic rings. The predicted molar refractivity (Wildman–Crippen MR) is 74.4 cm³/mol. The van der Waals surface area contributed by atoms with Crippen LogP contribution in [0.5, 0.6) is 0 Å². The zero-order chi connectivity index (χ0) is 12.3. The van der Waals surface area contributed by atoms with Crippen LogP contribution in [0, 0.1) is 5.92 Å². The Morgan fingerprint density at radius 1 is 1.24 bits per heavy atom. The first-order valence-corrected chi connectivity index (χ1v) is 7.04. The molecule has 0 aliphatic heterocycles. The van der Waals surface area contributed by atoms with Gasteiger partial charge in [-0.1, -0.05) is 30.7 Å². The lowest BCUT2D eigenvalue weighted by molar-refractivity contribution is 0.292. The van der Waals surface area contributed by atoms with Crippen LogP contribution in [0.4, 0.5) is 0 Å². The Bertz CT molecular complexity index is 356. The molecule has 1 aliphatic carbocycles. The van der Waals surface area contributed by atoms with Gasteiger partial charge in [0.15, 0.2) is 0 Å². The zero-order valence-electron chi connectivity index (χ0n) is 10.7. The molecule has 17 heavy (non-hydrogen) atoms. The van der Waals surface area contributed by atoms with Gasteiger partial charge < -0.3 is 5.32 Å². The van der Waals surface area contributed by atoms with Crippen molar-refractivity contribution in [2.24, 2.45) is 5.92 Å². The highest BCUT2D eigenvalue weighted by Gasteiger charge is 2.19. The van der Waals surface area contributed by atoms with E-state index < -0.39 is 0 Å². The van der Waals surface area contributed by atoms with Gasteiger partial charge in [0.05, 0.1) is 0 Å². The lowest BCUT2D eigenvalue weighted by Gasteiger charge is -2.29. The molecule has 1 aromatic carbocycles. The van der Waals surface area contributed by atoms with Crippen molar-refractivity contribution in [1.29, 1.82) is 0 Å². The van der Waals surface area contributed by atoms with Crippen LogP contribution in [0.15, 0.2) is 24.3 Å². The lowest BCUT2D eigenvalue weighted by atomic mass is 9.87. The predicted octanol–water partition coefficient (Wildman–Crippen LogP) is 4.57. The fourth-order valence-electron chi connectivity index (χ4n) is 2.65. The van der Waals surface area contributed by atoms with Gasteiger partial charge >= 0.3 is 0 Å². The molecule has 1 saturated carbocycles. The van der Waals surface area contributed by atoms with E-state index in [9.17, 15) is 0 Å². The van der Waals surface area contributed by atoms with Gasteiger partial charge in [0.25, 0.3) is 0 Å². The molecule has 94 valence electrons. The molecule has 0 radical (unpaired) electrons. The van der Waals surface area contributed by atoms with E-state index in [-0.39, 0.29) is 0 Å². The molecule has 1 fully saturated rings. The van der Waals surface area contributed by atoms with Crippen molar-refractivity contribution in [3.63, 3.8) is 0 Å². The van der Waals surface area contributed by atoms with E-state index in [0.717, 1.165) is 10.9 Å². The van der Waals surface area contributed by atoms with Crippen LogP contribution in [0.25, 0.3) is 0 Å². The maximum absolute atomic E-state index is 6.02. The summed E-state index contributed by atoms with van der Waals surface area (Å²) in [5.74, 6) is 0.912. The third kappa shape index (κ3) is 3.72. The Morgan fingerprint density at radius 3 is 2.59 bits per heavy atom. The van der Waals surface area contributed by atoms with Crippen LogP contribution >= 0.6 is 11.6 Å². The number of hydrogen-bond donors (Lipinski definition) is 1. The van der Waals surface area contributed by atoms with Crippen molar-refractivity contribution in [2.45, 2.75) is 51.6 Å². The third-order valence-electron chi connectivity index (χ3n) is 3.85. The average Bonchev–Trinajstić information content (AvgIpc) is 2.32. The van der Waals surface area contributed by atoms with Gasteiger partial charge in [0, 0.05) is 17.1 Å². The van der Waals surface area contributed by atoms with E-state index in [4.69, 9.17) is 11.6 Å². The van der Waals surface area contributed by atoms with E-state index in [1.807, 2.05) is 12.1 Å². The van der Waals surface area contributed by atoms with Crippen LogP contribution in [0.2, 0.25) is 5.02 Å². The molecule has 0 bridgehead atoms. The topological polar surface area (TPSA) is 12.0 Å². The van der Waals surface area contributed by atoms with Crippen molar-refractivity contribution in [3.05, 3.63) is 34.9 Å². The Morgan fingerprint density at radius 2 is 1.94 bits per heavy atom. The highest BCUT2D eigenvalue weighted by atomic mass is 35.5. The minimum atomic E-state index is 0.395. The van der Waals surface area contributed by atoms with Crippen LogP contribution in [0.1, 0.15) is 51.1 Å². The maximum Gasteiger partial charge on any atom is 0.0409 e. The second-order valence-electron chi connectivity index (χ2n) is 5.40. The molecule has 1 N–H and O–H groups in total. The molecule has 2 heteroatoms. The molecular formula is C15H22ClN.